The maximum absolute atomic E-state index is 12.4. The molecule has 0 saturated heterocycles. The van der Waals surface area contributed by atoms with E-state index in [4.69, 9.17) is 18.7 Å². The zero-order chi connectivity index (χ0) is 23.6. The van der Waals surface area contributed by atoms with Crippen molar-refractivity contribution >= 4 is 17.8 Å². The Kier molecular flexibility index (Phi) is 8.08. The van der Waals surface area contributed by atoms with Gasteiger partial charge in [0.25, 0.3) is 5.91 Å². The van der Waals surface area contributed by atoms with Gasteiger partial charge in [-0.1, -0.05) is 23.4 Å². The number of nitrogens with zero attached hydrogens (tertiary/aromatic N) is 2. The van der Waals surface area contributed by atoms with Gasteiger partial charge >= 0.3 is 0 Å². The number of carbonyl (C=O) groups excluding carboxylic acids is 1. The lowest BCUT2D eigenvalue weighted by molar-refractivity contribution is -0.112. The first-order valence-corrected chi connectivity index (χ1v) is 10.4. The van der Waals surface area contributed by atoms with Gasteiger partial charge in [0.05, 0.1) is 20.3 Å². The Morgan fingerprint density at radius 1 is 1.12 bits per heavy atom. The zero-order valence-corrected chi connectivity index (χ0v) is 18.8. The van der Waals surface area contributed by atoms with Gasteiger partial charge in [0.15, 0.2) is 17.3 Å². The second-order valence-electron chi connectivity index (χ2n) is 7.22. The predicted molar refractivity (Wildman–Crippen MR) is 123 cm³/mol. The van der Waals surface area contributed by atoms with Gasteiger partial charge in [-0.2, -0.15) is 5.26 Å². The maximum atomic E-state index is 12.4. The minimum Gasteiger partial charge on any atom is -0.493 e. The molecule has 0 radical (unpaired) electrons. The lowest BCUT2D eigenvalue weighted by atomic mass is 10.1. The van der Waals surface area contributed by atoms with Crippen LogP contribution < -0.4 is 19.5 Å². The van der Waals surface area contributed by atoms with E-state index in [0.29, 0.717) is 42.5 Å². The third-order valence-electron chi connectivity index (χ3n) is 4.54. The summed E-state index contributed by atoms with van der Waals surface area (Å²) >= 11 is 0. The number of aryl methyl sites for hydroxylation is 2. The molecular formula is C25H25N3O5. The number of aromatic nitrogens is 1. The van der Waals surface area contributed by atoms with Crippen LogP contribution in [0, 0.1) is 25.2 Å². The zero-order valence-electron chi connectivity index (χ0n) is 18.8. The summed E-state index contributed by atoms with van der Waals surface area (Å²) in [6.45, 7) is 4.69. The van der Waals surface area contributed by atoms with Gasteiger partial charge < -0.3 is 24.1 Å². The van der Waals surface area contributed by atoms with Gasteiger partial charge in [0.1, 0.15) is 23.2 Å². The second-order valence-corrected chi connectivity index (χ2v) is 7.22. The maximum Gasteiger partial charge on any atom is 0.267 e. The monoisotopic (exact) mass is 447 g/mol. The van der Waals surface area contributed by atoms with Crippen LogP contribution in [0.1, 0.15) is 23.3 Å². The molecule has 0 spiro atoms. The average molecular weight is 447 g/mol. The Hall–Kier alpha value is -4.25. The van der Waals surface area contributed by atoms with E-state index in [1.165, 1.54) is 13.2 Å². The van der Waals surface area contributed by atoms with Crippen molar-refractivity contribution in [3.63, 3.8) is 0 Å². The Balaban J connectivity index is 1.57. The van der Waals surface area contributed by atoms with Crippen molar-refractivity contribution in [2.45, 2.75) is 20.3 Å². The van der Waals surface area contributed by atoms with E-state index in [9.17, 15) is 10.1 Å². The van der Waals surface area contributed by atoms with Crippen molar-refractivity contribution in [1.82, 2.24) is 5.16 Å². The van der Waals surface area contributed by atoms with Crippen LogP contribution >= 0.6 is 0 Å². The molecule has 0 aliphatic carbocycles. The third kappa shape index (κ3) is 6.87. The fourth-order valence-corrected chi connectivity index (χ4v) is 2.95. The Labute approximate surface area is 192 Å². The minimum atomic E-state index is -0.585. The molecular weight excluding hydrogens is 422 g/mol. The molecule has 0 aliphatic rings. The summed E-state index contributed by atoms with van der Waals surface area (Å²) in [4.78, 5) is 12.4. The highest BCUT2D eigenvalue weighted by Gasteiger charge is 2.13. The van der Waals surface area contributed by atoms with Gasteiger partial charge in [-0.15, -0.1) is 0 Å². The first-order chi connectivity index (χ1) is 16.0. The summed E-state index contributed by atoms with van der Waals surface area (Å²) in [6.07, 6.45) is 2.16. The summed E-state index contributed by atoms with van der Waals surface area (Å²) in [7, 11) is 1.53. The number of ether oxygens (including phenoxy) is 3. The molecule has 33 heavy (non-hydrogen) atoms. The van der Waals surface area contributed by atoms with Crippen molar-refractivity contribution in [3.8, 4) is 23.3 Å². The SMILES string of the molecule is COc1cc(C=C(C#N)C(=O)Nc2cc(C)on2)ccc1OCCCOc1cccc(C)c1. The van der Waals surface area contributed by atoms with Crippen molar-refractivity contribution in [3.05, 3.63) is 71.0 Å². The van der Waals surface area contributed by atoms with Crippen LogP contribution in [0.15, 0.2) is 58.6 Å². The number of benzene rings is 2. The summed E-state index contributed by atoms with van der Waals surface area (Å²) in [6, 6.07) is 16.5. The number of nitrogens with one attached hydrogen (secondary N) is 1. The Bertz CT molecular complexity index is 1180. The van der Waals surface area contributed by atoms with E-state index in [0.717, 1.165) is 11.3 Å². The van der Waals surface area contributed by atoms with Crippen LogP contribution in [0.3, 0.4) is 0 Å². The molecule has 1 aromatic heterocycles. The van der Waals surface area contributed by atoms with Crippen LogP contribution in [-0.4, -0.2) is 31.4 Å². The highest BCUT2D eigenvalue weighted by atomic mass is 16.5. The summed E-state index contributed by atoms with van der Waals surface area (Å²) in [5.41, 5.74) is 1.68. The molecule has 3 rings (SSSR count). The molecule has 0 fully saturated rings. The van der Waals surface area contributed by atoms with E-state index in [1.807, 2.05) is 37.3 Å². The minimum absolute atomic E-state index is 0.0836. The van der Waals surface area contributed by atoms with Crippen LogP contribution in [0.5, 0.6) is 17.2 Å². The largest absolute Gasteiger partial charge is 0.493 e. The van der Waals surface area contributed by atoms with E-state index < -0.39 is 5.91 Å². The predicted octanol–water partition coefficient (Wildman–Crippen LogP) is 4.69. The molecule has 0 unspecified atom stereocenters. The first kappa shape index (κ1) is 23.4. The standard InChI is InChI=1S/C25H25N3O5/c1-17-6-4-7-21(12-17)31-10-5-11-32-22-9-8-19(15-23(22)30-3)14-20(16-26)25(29)27-24-13-18(2)33-28-24/h4,6-9,12-15H,5,10-11H2,1-3H3,(H,27,28,29). The molecule has 0 bridgehead atoms. The fraction of sp³-hybridized carbons (Fsp3) is 0.240. The molecule has 8 heteroatoms. The van der Waals surface area contributed by atoms with Gasteiger partial charge in [-0.25, -0.2) is 0 Å². The lowest BCUT2D eigenvalue weighted by Crippen LogP contribution is -2.13. The molecule has 0 atom stereocenters. The number of rotatable bonds is 10. The lowest BCUT2D eigenvalue weighted by Gasteiger charge is -2.12. The van der Waals surface area contributed by atoms with E-state index in [1.54, 1.807) is 31.2 Å². The number of hydrogen-bond donors (Lipinski definition) is 1. The molecule has 2 aromatic carbocycles. The number of carbonyl (C=O) groups is 1. The number of anilines is 1. The van der Waals surface area contributed by atoms with Crippen molar-refractivity contribution in [2.75, 3.05) is 25.6 Å². The van der Waals surface area contributed by atoms with Crippen molar-refractivity contribution < 1.29 is 23.5 Å². The summed E-state index contributed by atoms with van der Waals surface area (Å²) < 4.78 is 21.9. The van der Waals surface area contributed by atoms with Gasteiger partial charge in [0.2, 0.25) is 0 Å². The molecule has 0 saturated carbocycles. The Morgan fingerprint density at radius 2 is 1.94 bits per heavy atom. The smallest absolute Gasteiger partial charge is 0.267 e. The topological polar surface area (TPSA) is 107 Å². The average Bonchev–Trinajstić information content (AvgIpc) is 3.22. The summed E-state index contributed by atoms with van der Waals surface area (Å²) in [5.74, 6) is 2.10. The fourth-order valence-electron chi connectivity index (χ4n) is 2.95. The molecule has 1 heterocycles. The third-order valence-corrected chi connectivity index (χ3v) is 4.54. The highest BCUT2D eigenvalue weighted by Crippen LogP contribution is 2.29. The normalized spacial score (nSPS) is 10.9. The van der Waals surface area contributed by atoms with Gasteiger partial charge in [-0.3, -0.25) is 4.79 Å². The Morgan fingerprint density at radius 3 is 2.64 bits per heavy atom. The molecule has 1 amide bonds. The molecule has 1 N–H and O–H groups in total. The quantitative estimate of drug-likeness (QED) is 0.273. The van der Waals surface area contributed by atoms with Crippen LogP contribution in [-0.2, 0) is 4.79 Å². The van der Waals surface area contributed by atoms with Crippen molar-refractivity contribution in [2.24, 2.45) is 0 Å². The molecule has 3 aromatic rings. The van der Waals surface area contributed by atoms with Crippen LogP contribution in [0.4, 0.5) is 5.82 Å². The van der Waals surface area contributed by atoms with Crippen molar-refractivity contribution in [1.29, 1.82) is 5.26 Å². The molecule has 8 nitrogen and oxygen atoms in total. The van der Waals surface area contributed by atoms with Crippen LogP contribution in [0.25, 0.3) is 6.08 Å². The van der Waals surface area contributed by atoms with E-state index in [-0.39, 0.29) is 11.4 Å². The summed E-state index contributed by atoms with van der Waals surface area (Å²) in [5, 5.41) is 15.6. The number of nitriles is 1. The van der Waals surface area contributed by atoms with Gasteiger partial charge in [-0.05, 0) is 55.3 Å². The molecule has 0 aliphatic heterocycles. The second kappa shape index (κ2) is 11.4. The number of hydrogen-bond acceptors (Lipinski definition) is 7. The van der Waals surface area contributed by atoms with Crippen LogP contribution in [0.2, 0.25) is 0 Å². The first-order valence-electron chi connectivity index (χ1n) is 10.4. The molecule has 170 valence electrons. The highest BCUT2D eigenvalue weighted by molar-refractivity contribution is 6.09. The number of amides is 1. The van der Waals surface area contributed by atoms with E-state index >= 15 is 0 Å². The van der Waals surface area contributed by atoms with Gasteiger partial charge in [0, 0.05) is 12.5 Å². The van der Waals surface area contributed by atoms with E-state index in [2.05, 4.69) is 10.5 Å². The number of methoxy groups -OCH3 is 1.